The fourth-order valence-corrected chi connectivity index (χ4v) is 2.71. The van der Waals surface area contributed by atoms with Crippen LogP contribution < -0.4 is 10.6 Å². The molecule has 0 bridgehead atoms. The maximum atomic E-state index is 12.4. The Kier molecular flexibility index (Phi) is 5.72. The molecular formula is C22H26N4O. The van der Waals surface area contributed by atoms with E-state index in [9.17, 15) is 4.79 Å². The fraction of sp³-hybridized carbons (Fsp3) is 0.273. The average molecular weight is 362 g/mol. The summed E-state index contributed by atoms with van der Waals surface area (Å²) < 4.78 is 1.79. The number of carbonyl (C=O) groups excluding carboxylic acids is 1. The third kappa shape index (κ3) is 5.05. The molecule has 0 radical (unpaired) electrons. The highest BCUT2D eigenvalue weighted by Crippen LogP contribution is 2.26. The second kappa shape index (κ2) is 8.18. The van der Waals surface area contributed by atoms with Gasteiger partial charge in [-0.1, -0.05) is 69.3 Å². The largest absolute Gasteiger partial charge is 0.309 e. The minimum Gasteiger partial charge on any atom is -0.309 e. The van der Waals surface area contributed by atoms with Crippen molar-refractivity contribution >= 4 is 11.7 Å². The molecule has 2 aromatic carbocycles. The van der Waals surface area contributed by atoms with E-state index < -0.39 is 0 Å². The van der Waals surface area contributed by atoms with E-state index >= 15 is 0 Å². The molecule has 0 spiro atoms. The van der Waals surface area contributed by atoms with Crippen molar-refractivity contribution in [2.24, 2.45) is 0 Å². The molecule has 2 N–H and O–H groups in total. The number of hydrogen-bond donors (Lipinski definition) is 2. The summed E-state index contributed by atoms with van der Waals surface area (Å²) in [4.78, 5) is 12.4. The van der Waals surface area contributed by atoms with Crippen LogP contribution in [0, 0.1) is 0 Å². The predicted molar refractivity (Wildman–Crippen MR) is 109 cm³/mol. The van der Waals surface area contributed by atoms with E-state index in [1.54, 1.807) is 4.68 Å². The van der Waals surface area contributed by atoms with E-state index in [0.29, 0.717) is 12.4 Å². The number of nitrogens with zero attached hydrogens (tertiary/aromatic N) is 2. The summed E-state index contributed by atoms with van der Waals surface area (Å²) in [5.41, 5.74) is 2.89. The van der Waals surface area contributed by atoms with E-state index in [1.807, 2.05) is 66.7 Å². The molecule has 1 heterocycles. The molecular weight excluding hydrogens is 336 g/mol. The van der Waals surface area contributed by atoms with Crippen molar-refractivity contribution in [3.8, 4) is 5.69 Å². The molecule has 3 rings (SSSR count). The lowest BCUT2D eigenvalue weighted by Gasteiger charge is -2.14. The molecule has 0 atom stereocenters. The predicted octanol–water partition coefficient (Wildman–Crippen LogP) is 3.90. The Bertz CT molecular complexity index is 880. The fourth-order valence-electron chi connectivity index (χ4n) is 2.71. The lowest BCUT2D eigenvalue weighted by atomic mass is 9.92. The normalized spacial score (nSPS) is 11.4. The molecule has 140 valence electrons. The first-order valence-electron chi connectivity index (χ1n) is 9.14. The van der Waals surface area contributed by atoms with Gasteiger partial charge in [-0.3, -0.25) is 4.79 Å². The smallest absolute Gasteiger partial charge is 0.239 e. The van der Waals surface area contributed by atoms with Crippen molar-refractivity contribution < 1.29 is 4.79 Å². The average Bonchev–Trinajstić information content (AvgIpc) is 3.07. The Morgan fingerprint density at radius 1 is 1.00 bits per heavy atom. The first-order chi connectivity index (χ1) is 12.9. The van der Waals surface area contributed by atoms with E-state index in [2.05, 4.69) is 31.4 Å². The SMILES string of the molecule is CC(C)(C)c1cc(NC(=O)CNCc2ccccc2)n(-c2ccccc2)n1. The Morgan fingerprint density at radius 2 is 1.63 bits per heavy atom. The summed E-state index contributed by atoms with van der Waals surface area (Å²) in [5, 5.41) is 10.9. The molecule has 1 aromatic heterocycles. The molecule has 1 amide bonds. The van der Waals surface area contributed by atoms with Gasteiger partial charge in [0.1, 0.15) is 5.82 Å². The van der Waals surface area contributed by atoms with Crippen LogP contribution in [0.15, 0.2) is 66.7 Å². The van der Waals surface area contributed by atoms with Crippen LogP contribution in [-0.2, 0) is 16.8 Å². The number of anilines is 1. The summed E-state index contributed by atoms with van der Waals surface area (Å²) in [7, 11) is 0. The van der Waals surface area contributed by atoms with Crippen LogP contribution in [0.5, 0.6) is 0 Å². The zero-order valence-electron chi connectivity index (χ0n) is 16.1. The second-order valence-electron chi connectivity index (χ2n) is 7.55. The molecule has 5 nitrogen and oxygen atoms in total. The van der Waals surface area contributed by atoms with Crippen LogP contribution in [0.4, 0.5) is 5.82 Å². The van der Waals surface area contributed by atoms with Crippen LogP contribution in [0.25, 0.3) is 5.69 Å². The van der Waals surface area contributed by atoms with Gasteiger partial charge >= 0.3 is 0 Å². The monoisotopic (exact) mass is 362 g/mol. The molecule has 5 heteroatoms. The maximum absolute atomic E-state index is 12.4. The highest BCUT2D eigenvalue weighted by Gasteiger charge is 2.21. The van der Waals surface area contributed by atoms with Crippen LogP contribution >= 0.6 is 0 Å². The van der Waals surface area contributed by atoms with Gasteiger partial charge in [-0.2, -0.15) is 5.10 Å². The molecule has 27 heavy (non-hydrogen) atoms. The molecule has 0 saturated carbocycles. The molecule has 0 aliphatic carbocycles. The molecule has 3 aromatic rings. The van der Waals surface area contributed by atoms with Crippen molar-refractivity contribution in [1.82, 2.24) is 15.1 Å². The van der Waals surface area contributed by atoms with Crippen LogP contribution in [0.2, 0.25) is 0 Å². The third-order valence-electron chi connectivity index (χ3n) is 4.20. The maximum Gasteiger partial charge on any atom is 0.239 e. The van der Waals surface area contributed by atoms with E-state index in [1.165, 1.54) is 0 Å². The molecule has 0 fully saturated rings. The number of amides is 1. The molecule has 0 aliphatic heterocycles. The minimum atomic E-state index is -0.106. The first kappa shape index (κ1) is 18.9. The van der Waals surface area contributed by atoms with Gasteiger partial charge in [-0.05, 0) is 17.7 Å². The number of rotatable bonds is 6. The van der Waals surface area contributed by atoms with Gasteiger partial charge in [0.15, 0.2) is 0 Å². The number of nitrogens with one attached hydrogen (secondary N) is 2. The number of carbonyl (C=O) groups is 1. The van der Waals surface area contributed by atoms with E-state index in [0.717, 1.165) is 16.9 Å². The van der Waals surface area contributed by atoms with Gasteiger partial charge in [0.2, 0.25) is 5.91 Å². The highest BCUT2D eigenvalue weighted by molar-refractivity contribution is 5.91. The topological polar surface area (TPSA) is 59.0 Å². The summed E-state index contributed by atoms with van der Waals surface area (Å²) in [5.74, 6) is 0.584. The number of hydrogen-bond acceptors (Lipinski definition) is 3. The van der Waals surface area contributed by atoms with Gasteiger partial charge in [-0.25, -0.2) is 4.68 Å². The highest BCUT2D eigenvalue weighted by atomic mass is 16.2. The van der Waals surface area contributed by atoms with E-state index in [4.69, 9.17) is 5.10 Å². The lowest BCUT2D eigenvalue weighted by molar-refractivity contribution is -0.115. The van der Waals surface area contributed by atoms with Gasteiger partial charge < -0.3 is 10.6 Å². The second-order valence-corrected chi connectivity index (χ2v) is 7.55. The third-order valence-corrected chi connectivity index (χ3v) is 4.20. The standard InChI is InChI=1S/C22H26N4O/c1-22(2,3)19-14-20(26(25-19)18-12-8-5-9-13-18)24-21(27)16-23-15-17-10-6-4-7-11-17/h4-14,23H,15-16H2,1-3H3,(H,24,27). The molecule has 0 aliphatic rings. The lowest BCUT2D eigenvalue weighted by Crippen LogP contribution is -2.28. The number of benzene rings is 2. The molecule has 0 unspecified atom stereocenters. The zero-order valence-corrected chi connectivity index (χ0v) is 16.1. The van der Waals surface area contributed by atoms with Crippen LogP contribution in [0.3, 0.4) is 0 Å². The Morgan fingerprint density at radius 3 is 2.26 bits per heavy atom. The van der Waals surface area contributed by atoms with Crippen molar-refractivity contribution in [2.45, 2.75) is 32.7 Å². The van der Waals surface area contributed by atoms with Crippen LogP contribution in [0.1, 0.15) is 32.0 Å². The first-order valence-corrected chi connectivity index (χ1v) is 9.14. The van der Waals surface area contributed by atoms with E-state index in [-0.39, 0.29) is 17.9 Å². The Labute approximate surface area is 160 Å². The van der Waals surface area contributed by atoms with Gasteiger partial charge in [0.25, 0.3) is 0 Å². The van der Waals surface area contributed by atoms with Gasteiger partial charge in [0, 0.05) is 18.0 Å². The van der Waals surface area contributed by atoms with Crippen molar-refractivity contribution in [2.75, 3.05) is 11.9 Å². The van der Waals surface area contributed by atoms with Gasteiger partial charge in [-0.15, -0.1) is 0 Å². The van der Waals surface area contributed by atoms with Crippen molar-refractivity contribution in [1.29, 1.82) is 0 Å². The quantitative estimate of drug-likeness (QED) is 0.699. The zero-order chi connectivity index (χ0) is 19.3. The van der Waals surface area contributed by atoms with Crippen molar-refractivity contribution in [3.63, 3.8) is 0 Å². The number of para-hydroxylation sites is 1. The Balaban J connectivity index is 1.71. The summed E-state index contributed by atoms with van der Waals surface area (Å²) >= 11 is 0. The summed E-state index contributed by atoms with van der Waals surface area (Å²) in [6.45, 7) is 7.21. The van der Waals surface area contributed by atoms with Crippen molar-refractivity contribution in [3.05, 3.63) is 78.0 Å². The van der Waals surface area contributed by atoms with Crippen LogP contribution in [-0.4, -0.2) is 22.2 Å². The summed E-state index contributed by atoms with van der Waals surface area (Å²) in [6.07, 6.45) is 0. The summed E-state index contributed by atoms with van der Waals surface area (Å²) in [6, 6.07) is 21.8. The number of aromatic nitrogens is 2. The molecule has 0 saturated heterocycles. The minimum absolute atomic E-state index is 0.0940. The van der Waals surface area contributed by atoms with Gasteiger partial charge in [0.05, 0.1) is 17.9 Å². The Hall–Kier alpha value is -2.92.